The molecule has 1 aliphatic heterocycles. The number of amides is 1. The third-order valence-electron chi connectivity index (χ3n) is 6.32. The van der Waals surface area contributed by atoms with Crippen LogP contribution in [0.1, 0.15) is 90.7 Å². The molecule has 1 fully saturated rings. The molecule has 1 aliphatic rings. The van der Waals surface area contributed by atoms with Crippen molar-refractivity contribution in [2.45, 2.75) is 102 Å². The van der Waals surface area contributed by atoms with E-state index in [1.165, 1.54) is 49.4 Å². The predicted octanol–water partition coefficient (Wildman–Crippen LogP) is 3.86. The minimum Gasteiger partial charge on any atom is -0.393 e. The van der Waals surface area contributed by atoms with E-state index in [0.29, 0.717) is 6.42 Å². The number of hydrogen-bond acceptors (Lipinski definition) is 7. The highest BCUT2D eigenvalue weighted by Crippen LogP contribution is 2.37. The lowest BCUT2D eigenvalue weighted by atomic mass is 10.0. The second-order valence-electron chi connectivity index (χ2n) is 9.09. The molecule has 9 nitrogen and oxygen atoms in total. The minimum atomic E-state index is -1.13. The number of aliphatic hydroxyl groups excluding tert-OH is 2. The zero-order chi connectivity index (χ0) is 23.8. The van der Waals surface area contributed by atoms with Crippen molar-refractivity contribution in [3.8, 4) is 0 Å². The van der Waals surface area contributed by atoms with Crippen LogP contribution >= 0.6 is 0 Å². The number of rotatable bonds is 13. The highest BCUT2D eigenvalue weighted by Gasteiger charge is 2.45. The molecular formula is C23H36FN5O4. The number of carbonyl (C=O) groups excluding carboxylic acids is 1. The molecule has 2 aromatic heterocycles. The van der Waals surface area contributed by atoms with Gasteiger partial charge in [0.15, 0.2) is 17.0 Å². The molecule has 184 valence electrons. The maximum absolute atomic E-state index is 14.1. The fourth-order valence-corrected chi connectivity index (χ4v) is 4.17. The van der Waals surface area contributed by atoms with Crippen LogP contribution in [0.5, 0.6) is 0 Å². The van der Waals surface area contributed by atoms with E-state index in [4.69, 9.17) is 4.74 Å². The molecule has 0 saturated carbocycles. The molecule has 0 spiro atoms. The smallest absolute Gasteiger partial charge is 0.312 e. The second kappa shape index (κ2) is 11.8. The monoisotopic (exact) mass is 465 g/mol. The van der Waals surface area contributed by atoms with Gasteiger partial charge in [0.1, 0.15) is 11.8 Å². The Morgan fingerprint density at radius 3 is 2.52 bits per heavy atom. The van der Waals surface area contributed by atoms with Crippen molar-refractivity contribution >= 4 is 22.9 Å². The first-order valence-corrected chi connectivity index (χ1v) is 12.0. The van der Waals surface area contributed by atoms with Crippen molar-refractivity contribution in [1.82, 2.24) is 19.5 Å². The van der Waals surface area contributed by atoms with Crippen molar-refractivity contribution < 1.29 is 24.1 Å². The number of nitrogens with one attached hydrogen (secondary N) is 1. The van der Waals surface area contributed by atoms with Gasteiger partial charge in [-0.25, -0.2) is 4.98 Å². The van der Waals surface area contributed by atoms with Crippen molar-refractivity contribution in [1.29, 1.82) is 0 Å². The maximum Gasteiger partial charge on any atom is 0.312 e. The van der Waals surface area contributed by atoms with E-state index in [-0.39, 0.29) is 35.9 Å². The van der Waals surface area contributed by atoms with Crippen molar-refractivity contribution in [3.05, 3.63) is 12.4 Å². The molecule has 3 rings (SSSR count). The Labute approximate surface area is 193 Å². The summed E-state index contributed by atoms with van der Waals surface area (Å²) >= 11 is 0. The van der Waals surface area contributed by atoms with E-state index in [1.807, 2.05) is 0 Å². The van der Waals surface area contributed by atoms with Crippen LogP contribution in [-0.2, 0) is 9.53 Å². The first-order chi connectivity index (χ1) is 15.9. The minimum absolute atomic E-state index is 0.0145. The summed E-state index contributed by atoms with van der Waals surface area (Å²) in [6, 6.07) is 0. The second-order valence-corrected chi connectivity index (χ2v) is 9.09. The molecule has 2 aromatic rings. The SMILES string of the molecule is CCCCCCCCCCCC(=O)Nc1nc(F)nc2c1ncn2[C@H]1C[C@H](O)[C@@](C)(CO)O1. The maximum atomic E-state index is 14.1. The molecule has 3 N–H and O–H groups in total. The molecule has 0 unspecified atom stereocenters. The van der Waals surface area contributed by atoms with Gasteiger partial charge >= 0.3 is 6.08 Å². The van der Waals surface area contributed by atoms with Crippen LogP contribution in [0.25, 0.3) is 11.2 Å². The standard InChI is InChI=1S/C23H36FN5O4/c1-3-4-5-6-7-8-9-10-11-12-17(32)26-20-19-21(28-22(24)27-20)29(15-25-19)18-13-16(31)23(2,14-30)33-18/h15-16,18,30-31H,3-14H2,1-2H3,(H,26,27,28,32)/t16-,18+,23+/m0/s1. The third-order valence-corrected chi connectivity index (χ3v) is 6.32. The summed E-state index contributed by atoms with van der Waals surface area (Å²) in [5, 5.41) is 22.4. The first-order valence-electron chi connectivity index (χ1n) is 12.0. The van der Waals surface area contributed by atoms with Gasteiger partial charge in [-0.1, -0.05) is 58.3 Å². The number of unbranched alkanes of at least 4 members (excludes halogenated alkanes) is 8. The fourth-order valence-electron chi connectivity index (χ4n) is 4.17. The van der Waals surface area contributed by atoms with E-state index in [2.05, 4.69) is 27.2 Å². The summed E-state index contributed by atoms with van der Waals surface area (Å²) in [5.74, 6) is -0.229. The number of anilines is 1. The van der Waals surface area contributed by atoms with Gasteiger partial charge in [-0.05, 0) is 13.3 Å². The number of fused-ring (bicyclic) bond motifs is 1. The Hall–Kier alpha value is -2.17. The molecule has 33 heavy (non-hydrogen) atoms. The zero-order valence-corrected chi connectivity index (χ0v) is 19.6. The lowest BCUT2D eigenvalue weighted by molar-refractivity contribution is -0.116. The average Bonchev–Trinajstić information content (AvgIpc) is 3.33. The number of hydrogen-bond donors (Lipinski definition) is 3. The Kier molecular flexibility index (Phi) is 9.10. The van der Waals surface area contributed by atoms with E-state index in [9.17, 15) is 19.4 Å². The van der Waals surface area contributed by atoms with Crippen LogP contribution in [0.4, 0.5) is 10.2 Å². The molecule has 1 saturated heterocycles. The fraction of sp³-hybridized carbons (Fsp3) is 0.739. The van der Waals surface area contributed by atoms with E-state index in [0.717, 1.165) is 19.3 Å². The molecule has 0 aromatic carbocycles. The lowest BCUT2D eigenvalue weighted by Crippen LogP contribution is -2.39. The molecule has 10 heteroatoms. The number of ether oxygens (including phenoxy) is 1. The number of imidazole rings is 1. The average molecular weight is 466 g/mol. The summed E-state index contributed by atoms with van der Waals surface area (Å²) in [5.41, 5.74) is -0.730. The van der Waals surface area contributed by atoms with Crippen LogP contribution in [0.3, 0.4) is 0 Å². The number of nitrogens with zero attached hydrogens (tertiary/aromatic N) is 4. The van der Waals surface area contributed by atoms with Crippen LogP contribution in [0.2, 0.25) is 0 Å². The summed E-state index contributed by atoms with van der Waals surface area (Å²) in [6.07, 6.45) is 9.77. The van der Waals surface area contributed by atoms with Gasteiger partial charge in [0.2, 0.25) is 5.91 Å². The van der Waals surface area contributed by atoms with Crippen LogP contribution in [0, 0.1) is 6.08 Å². The van der Waals surface area contributed by atoms with Crippen molar-refractivity contribution in [2.24, 2.45) is 0 Å². The van der Waals surface area contributed by atoms with Gasteiger partial charge in [-0.3, -0.25) is 9.36 Å². The lowest BCUT2D eigenvalue weighted by Gasteiger charge is -2.24. The summed E-state index contributed by atoms with van der Waals surface area (Å²) in [7, 11) is 0. The highest BCUT2D eigenvalue weighted by atomic mass is 19.1. The number of halogens is 1. The topological polar surface area (TPSA) is 122 Å². The first kappa shape index (κ1) is 25.5. The summed E-state index contributed by atoms with van der Waals surface area (Å²) < 4.78 is 21.4. The quantitative estimate of drug-likeness (QED) is 0.303. The van der Waals surface area contributed by atoms with Gasteiger partial charge in [0.25, 0.3) is 0 Å². The normalized spacial score (nSPS) is 22.8. The van der Waals surface area contributed by atoms with Gasteiger partial charge in [-0.15, -0.1) is 0 Å². The molecule has 1 amide bonds. The molecular weight excluding hydrogens is 429 g/mol. The van der Waals surface area contributed by atoms with Crippen LogP contribution < -0.4 is 5.32 Å². The largest absolute Gasteiger partial charge is 0.393 e. The Morgan fingerprint density at radius 1 is 1.21 bits per heavy atom. The summed E-state index contributed by atoms with van der Waals surface area (Å²) in [4.78, 5) is 24.2. The highest BCUT2D eigenvalue weighted by molar-refractivity contribution is 5.96. The van der Waals surface area contributed by atoms with Crippen molar-refractivity contribution in [2.75, 3.05) is 11.9 Å². The number of carbonyl (C=O) groups is 1. The Bertz CT molecular complexity index is 924. The van der Waals surface area contributed by atoms with E-state index >= 15 is 0 Å². The van der Waals surface area contributed by atoms with Gasteiger partial charge in [0, 0.05) is 12.8 Å². The van der Waals surface area contributed by atoms with E-state index < -0.39 is 24.0 Å². The van der Waals surface area contributed by atoms with Gasteiger partial charge in [-0.2, -0.15) is 14.4 Å². The third kappa shape index (κ3) is 6.45. The molecule has 0 aliphatic carbocycles. The van der Waals surface area contributed by atoms with Crippen molar-refractivity contribution in [3.63, 3.8) is 0 Å². The molecule has 3 heterocycles. The molecule has 0 bridgehead atoms. The summed E-state index contributed by atoms with van der Waals surface area (Å²) in [6.45, 7) is 3.45. The van der Waals surface area contributed by atoms with Gasteiger partial charge < -0.3 is 20.3 Å². The van der Waals surface area contributed by atoms with Crippen LogP contribution in [-0.4, -0.2) is 54.0 Å². The number of aromatic nitrogens is 4. The van der Waals surface area contributed by atoms with Crippen LogP contribution in [0.15, 0.2) is 6.33 Å². The van der Waals surface area contributed by atoms with E-state index in [1.54, 1.807) is 6.92 Å². The molecule has 3 atom stereocenters. The number of aliphatic hydroxyl groups is 2. The van der Waals surface area contributed by atoms with Gasteiger partial charge in [0.05, 0.1) is 19.0 Å². The molecule has 0 radical (unpaired) electrons. The Balaban J connectivity index is 1.55. The zero-order valence-electron chi connectivity index (χ0n) is 19.6. The Morgan fingerprint density at radius 2 is 1.88 bits per heavy atom. The predicted molar refractivity (Wildman–Crippen MR) is 122 cm³/mol.